The van der Waals surface area contributed by atoms with Gasteiger partial charge in [0, 0.05) is 24.7 Å². The van der Waals surface area contributed by atoms with Crippen LogP contribution in [0.15, 0.2) is 54.6 Å². The summed E-state index contributed by atoms with van der Waals surface area (Å²) in [5.74, 6) is 0.648. The monoisotopic (exact) mass is 282 g/mol. The molecule has 0 saturated heterocycles. The lowest BCUT2D eigenvalue weighted by Crippen LogP contribution is -2.22. The van der Waals surface area contributed by atoms with Gasteiger partial charge in [-0.15, -0.1) is 0 Å². The van der Waals surface area contributed by atoms with Crippen LogP contribution in [0.1, 0.15) is 30.0 Å². The van der Waals surface area contributed by atoms with E-state index in [1.165, 1.54) is 18.4 Å². The molecule has 1 unspecified atom stereocenters. The second kappa shape index (κ2) is 6.06. The third-order valence-corrected chi connectivity index (χ3v) is 3.93. The minimum atomic E-state index is -0.354. The summed E-state index contributed by atoms with van der Waals surface area (Å²) in [5.41, 5.74) is 2.54. The topological polar surface area (TPSA) is 55.2 Å². The van der Waals surface area contributed by atoms with E-state index in [1.807, 2.05) is 30.3 Å². The van der Waals surface area contributed by atoms with E-state index in [-0.39, 0.29) is 16.7 Å². The first kappa shape index (κ1) is 13.8. The third-order valence-electron chi connectivity index (χ3n) is 3.93. The first-order valence-corrected chi connectivity index (χ1v) is 7.26. The van der Waals surface area contributed by atoms with Gasteiger partial charge in [0.05, 0.1) is 4.92 Å². The van der Waals surface area contributed by atoms with Crippen molar-refractivity contribution in [2.45, 2.75) is 25.4 Å². The Morgan fingerprint density at radius 2 is 1.76 bits per heavy atom. The summed E-state index contributed by atoms with van der Waals surface area (Å²) < 4.78 is 0. The lowest BCUT2D eigenvalue weighted by atomic mass is 10.0. The molecule has 1 N–H and O–H groups in total. The van der Waals surface area contributed by atoms with Crippen LogP contribution in [0.2, 0.25) is 0 Å². The number of hydrogen-bond acceptors (Lipinski definition) is 3. The maximum Gasteiger partial charge on any atom is 0.269 e. The van der Waals surface area contributed by atoms with E-state index < -0.39 is 0 Å². The lowest BCUT2D eigenvalue weighted by molar-refractivity contribution is -0.384. The molecule has 0 aromatic heterocycles. The maximum absolute atomic E-state index is 10.7. The maximum atomic E-state index is 10.7. The molecule has 4 heteroatoms. The van der Waals surface area contributed by atoms with Gasteiger partial charge in [-0.3, -0.25) is 10.1 Å². The molecule has 2 aromatic carbocycles. The van der Waals surface area contributed by atoms with Gasteiger partial charge in [0.15, 0.2) is 0 Å². The average Bonchev–Trinajstić information content (AvgIpc) is 3.34. The van der Waals surface area contributed by atoms with E-state index in [0.29, 0.717) is 5.92 Å². The van der Waals surface area contributed by atoms with Crippen molar-refractivity contribution in [3.63, 3.8) is 0 Å². The van der Waals surface area contributed by atoms with Gasteiger partial charge in [0.1, 0.15) is 0 Å². The van der Waals surface area contributed by atoms with Gasteiger partial charge in [0.25, 0.3) is 5.69 Å². The molecule has 21 heavy (non-hydrogen) atoms. The van der Waals surface area contributed by atoms with E-state index in [9.17, 15) is 10.1 Å². The molecule has 4 nitrogen and oxygen atoms in total. The van der Waals surface area contributed by atoms with Gasteiger partial charge in [-0.25, -0.2) is 0 Å². The van der Waals surface area contributed by atoms with Crippen LogP contribution >= 0.6 is 0 Å². The van der Waals surface area contributed by atoms with Crippen molar-refractivity contribution in [1.29, 1.82) is 0 Å². The van der Waals surface area contributed by atoms with Crippen molar-refractivity contribution in [1.82, 2.24) is 5.32 Å². The molecule has 0 radical (unpaired) electrons. The number of non-ortho nitro benzene ring substituents is 1. The van der Waals surface area contributed by atoms with Gasteiger partial charge in [-0.2, -0.15) is 0 Å². The standard InChI is InChI=1S/C17H18N2O2/c20-19(21)16-10-8-15(9-11-16)17(14-6-7-14)18-12-13-4-2-1-3-5-13/h1-5,8-11,14,17-18H,6-7,12H2. The molecule has 1 aliphatic carbocycles. The summed E-state index contributed by atoms with van der Waals surface area (Å²) in [5, 5.41) is 14.3. The molecule has 0 aliphatic heterocycles. The van der Waals surface area contributed by atoms with Crippen LogP contribution in [0.3, 0.4) is 0 Å². The van der Waals surface area contributed by atoms with E-state index in [2.05, 4.69) is 17.4 Å². The molecule has 108 valence electrons. The molecule has 1 fully saturated rings. The number of benzene rings is 2. The molecule has 2 aromatic rings. The fourth-order valence-corrected chi connectivity index (χ4v) is 2.61. The highest BCUT2D eigenvalue weighted by Gasteiger charge is 2.32. The second-order valence-corrected chi connectivity index (χ2v) is 5.53. The zero-order chi connectivity index (χ0) is 14.7. The van der Waals surface area contributed by atoms with Crippen LogP contribution in [0.5, 0.6) is 0 Å². The smallest absolute Gasteiger partial charge is 0.269 e. The fraction of sp³-hybridized carbons (Fsp3) is 0.294. The Bertz CT molecular complexity index is 606. The number of rotatable bonds is 6. The highest BCUT2D eigenvalue weighted by molar-refractivity contribution is 5.35. The van der Waals surface area contributed by atoms with Crippen LogP contribution < -0.4 is 5.32 Å². The van der Waals surface area contributed by atoms with Gasteiger partial charge >= 0.3 is 0 Å². The van der Waals surface area contributed by atoms with Crippen LogP contribution in [0.4, 0.5) is 5.69 Å². The summed E-state index contributed by atoms with van der Waals surface area (Å²) in [4.78, 5) is 10.4. The van der Waals surface area contributed by atoms with Crippen molar-refractivity contribution in [2.75, 3.05) is 0 Å². The average molecular weight is 282 g/mol. The van der Waals surface area contributed by atoms with Crippen LogP contribution in [-0.2, 0) is 6.54 Å². The summed E-state index contributed by atoms with van der Waals surface area (Å²) in [6, 6.07) is 17.5. The Morgan fingerprint density at radius 3 is 2.33 bits per heavy atom. The Labute approximate surface area is 124 Å². The summed E-state index contributed by atoms with van der Waals surface area (Å²) in [7, 11) is 0. The summed E-state index contributed by atoms with van der Waals surface area (Å²) >= 11 is 0. The van der Waals surface area contributed by atoms with Gasteiger partial charge < -0.3 is 5.32 Å². The quantitative estimate of drug-likeness (QED) is 0.647. The molecule has 1 aliphatic rings. The molecule has 0 spiro atoms. The highest BCUT2D eigenvalue weighted by Crippen LogP contribution is 2.41. The summed E-state index contributed by atoms with van der Waals surface area (Å²) in [6.07, 6.45) is 2.45. The predicted molar refractivity (Wildman–Crippen MR) is 81.8 cm³/mol. The van der Waals surface area contributed by atoms with Crippen molar-refractivity contribution < 1.29 is 4.92 Å². The Hall–Kier alpha value is -2.20. The molecular formula is C17H18N2O2. The second-order valence-electron chi connectivity index (χ2n) is 5.53. The first-order chi connectivity index (χ1) is 10.2. The molecule has 1 atom stereocenters. The summed E-state index contributed by atoms with van der Waals surface area (Å²) in [6.45, 7) is 0.818. The normalized spacial score (nSPS) is 15.6. The van der Waals surface area contributed by atoms with Crippen LogP contribution in [-0.4, -0.2) is 4.92 Å². The number of nitro groups is 1. The zero-order valence-corrected chi connectivity index (χ0v) is 11.7. The van der Waals surface area contributed by atoms with Crippen molar-refractivity contribution >= 4 is 5.69 Å². The molecule has 0 amide bonds. The molecular weight excluding hydrogens is 264 g/mol. The molecule has 1 saturated carbocycles. The molecule has 0 bridgehead atoms. The highest BCUT2D eigenvalue weighted by atomic mass is 16.6. The van der Waals surface area contributed by atoms with Crippen molar-refractivity contribution in [3.8, 4) is 0 Å². The Balaban J connectivity index is 1.71. The van der Waals surface area contributed by atoms with Crippen LogP contribution in [0.25, 0.3) is 0 Å². The third kappa shape index (κ3) is 3.47. The van der Waals surface area contributed by atoms with Gasteiger partial charge in [-0.1, -0.05) is 42.5 Å². The SMILES string of the molecule is O=[N+]([O-])c1ccc(C(NCc2ccccc2)C2CC2)cc1. The minimum Gasteiger partial charge on any atom is -0.306 e. The van der Waals surface area contributed by atoms with Crippen molar-refractivity contribution in [2.24, 2.45) is 5.92 Å². The lowest BCUT2D eigenvalue weighted by Gasteiger charge is -2.19. The first-order valence-electron chi connectivity index (χ1n) is 7.26. The minimum absolute atomic E-state index is 0.149. The number of hydrogen-bond donors (Lipinski definition) is 1. The Kier molecular flexibility index (Phi) is 3.97. The molecule has 0 heterocycles. The largest absolute Gasteiger partial charge is 0.306 e. The van der Waals surface area contributed by atoms with Crippen molar-refractivity contribution in [3.05, 3.63) is 75.8 Å². The van der Waals surface area contributed by atoms with Gasteiger partial charge in [0.2, 0.25) is 0 Å². The van der Waals surface area contributed by atoms with E-state index >= 15 is 0 Å². The number of nitrogens with one attached hydrogen (secondary N) is 1. The fourth-order valence-electron chi connectivity index (χ4n) is 2.61. The Morgan fingerprint density at radius 1 is 1.10 bits per heavy atom. The van der Waals surface area contributed by atoms with E-state index in [1.54, 1.807) is 12.1 Å². The van der Waals surface area contributed by atoms with Crippen LogP contribution in [0, 0.1) is 16.0 Å². The van der Waals surface area contributed by atoms with E-state index in [4.69, 9.17) is 0 Å². The zero-order valence-electron chi connectivity index (χ0n) is 11.7. The van der Waals surface area contributed by atoms with E-state index in [0.717, 1.165) is 12.1 Å². The predicted octanol–water partition coefficient (Wildman–Crippen LogP) is 3.84. The molecule has 3 rings (SSSR count). The van der Waals surface area contributed by atoms with Gasteiger partial charge in [-0.05, 0) is 29.9 Å². The number of nitrogens with zero attached hydrogens (tertiary/aromatic N) is 1. The number of nitro benzene ring substituents is 1.